The molecule has 2 aromatic rings. The molecule has 1 aliphatic rings. The number of ether oxygens (including phenoxy) is 2. The monoisotopic (exact) mass is 618 g/mol. The number of hydrogen-bond acceptors (Lipinski definition) is 8. The first kappa shape index (κ1) is 34.3. The quantitative estimate of drug-likeness (QED) is 0.252. The summed E-state index contributed by atoms with van der Waals surface area (Å²) in [6.07, 6.45) is -1.04. The van der Waals surface area contributed by atoms with Gasteiger partial charge in [0.15, 0.2) is 11.5 Å². The van der Waals surface area contributed by atoms with Gasteiger partial charge < -0.3 is 30.5 Å². The highest BCUT2D eigenvalue weighted by molar-refractivity contribution is 7.89. The van der Waals surface area contributed by atoms with Crippen LogP contribution in [0.4, 0.5) is 0 Å². The predicted octanol–water partition coefficient (Wildman–Crippen LogP) is 2.29. The molecular weight excluding hydrogens is 572 g/mol. The topological polar surface area (TPSA) is 146 Å². The molecule has 11 nitrogen and oxygen atoms in total. The van der Waals surface area contributed by atoms with Crippen LogP contribution in [0.1, 0.15) is 47.1 Å². The third-order valence-electron chi connectivity index (χ3n) is 7.27. The average molecular weight is 619 g/mol. The van der Waals surface area contributed by atoms with E-state index in [9.17, 15) is 23.1 Å². The highest BCUT2D eigenvalue weighted by atomic mass is 32.2. The molecule has 1 aliphatic heterocycles. The molecule has 4 atom stereocenters. The smallest absolute Gasteiger partial charge is 0.243 e. The van der Waals surface area contributed by atoms with Crippen molar-refractivity contribution in [2.45, 2.75) is 77.1 Å². The van der Waals surface area contributed by atoms with Gasteiger partial charge in [0.05, 0.1) is 23.1 Å². The summed E-state index contributed by atoms with van der Waals surface area (Å²) in [4.78, 5) is 26.4. The number of aliphatic hydroxyl groups excluding tert-OH is 1. The first-order chi connectivity index (χ1) is 20.1. The highest BCUT2D eigenvalue weighted by Crippen LogP contribution is 2.35. The second-order valence-corrected chi connectivity index (χ2v) is 14.4. The molecule has 0 saturated carbocycles. The Morgan fingerprint density at radius 1 is 0.953 bits per heavy atom. The Bertz CT molecular complexity index is 1350. The molecule has 12 heteroatoms. The standard InChI is InChI=1S/C31H46N4O7S/c1-20(2)17-35(43(39,40)23-13-14-26-27(16-23)42-19-41-26)18-25(36)24(15-22-11-9-8-10-12-22)33-30(38)28(31(4,5)6)34-29(37)21(3)32-7/h8-14,16,20-21,24-25,28,32,36H,15,17-19H2,1-7H3,(H,33,38)(H,34,37)/t21-,24+,25-,28-/m1/s1. The van der Waals surface area contributed by atoms with Gasteiger partial charge in [0.1, 0.15) is 6.04 Å². The van der Waals surface area contributed by atoms with E-state index in [1.54, 1.807) is 20.0 Å². The van der Waals surface area contributed by atoms with Crippen LogP contribution in [0.2, 0.25) is 0 Å². The number of fused-ring (bicyclic) bond motifs is 1. The van der Waals surface area contributed by atoms with Crippen LogP contribution in [0.3, 0.4) is 0 Å². The van der Waals surface area contributed by atoms with Gasteiger partial charge in [-0.1, -0.05) is 65.0 Å². The second-order valence-electron chi connectivity index (χ2n) is 12.4. The van der Waals surface area contributed by atoms with Crippen LogP contribution in [0.25, 0.3) is 0 Å². The average Bonchev–Trinajstić information content (AvgIpc) is 3.42. The Labute approximate surface area is 255 Å². The molecular formula is C31H46N4O7S. The zero-order valence-electron chi connectivity index (χ0n) is 26.1. The minimum atomic E-state index is -4.05. The maximum Gasteiger partial charge on any atom is 0.243 e. The molecule has 238 valence electrons. The lowest BCUT2D eigenvalue weighted by molar-refractivity contribution is -0.133. The number of benzene rings is 2. The van der Waals surface area contributed by atoms with E-state index < -0.39 is 45.6 Å². The normalized spacial score (nSPS) is 16.0. The van der Waals surface area contributed by atoms with Crippen LogP contribution >= 0.6 is 0 Å². The summed E-state index contributed by atoms with van der Waals surface area (Å²) in [5.41, 5.74) is 0.197. The van der Waals surface area contributed by atoms with E-state index in [1.165, 1.54) is 16.4 Å². The molecule has 0 spiro atoms. The van der Waals surface area contributed by atoms with Crippen molar-refractivity contribution in [2.75, 3.05) is 26.9 Å². The van der Waals surface area contributed by atoms with E-state index in [0.29, 0.717) is 11.5 Å². The molecule has 0 saturated heterocycles. The fourth-order valence-electron chi connectivity index (χ4n) is 4.69. The molecule has 2 amide bonds. The Hall–Kier alpha value is -3.19. The third-order valence-corrected chi connectivity index (χ3v) is 9.10. The fourth-order valence-corrected chi connectivity index (χ4v) is 6.33. The summed E-state index contributed by atoms with van der Waals surface area (Å²) in [5, 5.41) is 20.2. The minimum Gasteiger partial charge on any atom is -0.454 e. The van der Waals surface area contributed by atoms with E-state index in [1.807, 2.05) is 65.0 Å². The highest BCUT2D eigenvalue weighted by Gasteiger charge is 2.37. The molecule has 0 bridgehead atoms. The summed E-state index contributed by atoms with van der Waals surface area (Å²) in [6.45, 7) is 10.9. The number of hydrogen-bond donors (Lipinski definition) is 4. The molecule has 2 aromatic carbocycles. The first-order valence-corrected chi connectivity index (χ1v) is 16.0. The van der Waals surface area contributed by atoms with Crippen molar-refractivity contribution in [1.82, 2.24) is 20.3 Å². The third kappa shape index (κ3) is 9.15. The van der Waals surface area contributed by atoms with Gasteiger partial charge in [-0.2, -0.15) is 4.31 Å². The summed E-state index contributed by atoms with van der Waals surface area (Å²) in [6, 6.07) is 11.5. The SMILES string of the molecule is CN[C@H](C)C(=O)N[C@H](C(=O)N[C@@H](Cc1ccccc1)[C@H](O)CN(CC(C)C)S(=O)(=O)c1ccc2c(c1)OCO2)C(C)(C)C. The van der Waals surface area contributed by atoms with Gasteiger partial charge in [0, 0.05) is 19.2 Å². The summed E-state index contributed by atoms with van der Waals surface area (Å²) in [7, 11) is -2.40. The molecule has 0 aliphatic carbocycles. The summed E-state index contributed by atoms with van der Waals surface area (Å²) >= 11 is 0. The first-order valence-electron chi connectivity index (χ1n) is 14.5. The van der Waals surface area contributed by atoms with Crippen LogP contribution in [-0.2, 0) is 26.0 Å². The van der Waals surface area contributed by atoms with Crippen molar-refractivity contribution in [2.24, 2.45) is 11.3 Å². The molecule has 43 heavy (non-hydrogen) atoms. The number of rotatable bonds is 14. The number of nitrogens with one attached hydrogen (secondary N) is 3. The van der Waals surface area contributed by atoms with Gasteiger partial charge in [-0.25, -0.2) is 8.42 Å². The van der Waals surface area contributed by atoms with Gasteiger partial charge in [0.2, 0.25) is 28.6 Å². The van der Waals surface area contributed by atoms with Gasteiger partial charge in [-0.05, 0) is 49.4 Å². The number of carbonyl (C=O) groups excluding carboxylic acids is 2. The summed E-state index contributed by atoms with van der Waals surface area (Å²) < 4.78 is 39.6. The number of likely N-dealkylation sites (N-methyl/N-ethyl adjacent to an activating group) is 1. The predicted molar refractivity (Wildman–Crippen MR) is 164 cm³/mol. The molecule has 3 rings (SSSR count). The van der Waals surface area contributed by atoms with Crippen molar-refractivity contribution in [3.63, 3.8) is 0 Å². The zero-order chi connectivity index (χ0) is 31.9. The lowest BCUT2D eigenvalue weighted by Gasteiger charge is -2.35. The number of aliphatic hydroxyl groups is 1. The number of sulfonamides is 1. The Morgan fingerprint density at radius 2 is 1.60 bits per heavy atom. The van der Waals surface area contributed by atoms with Crippen LogP contribution in [0, 0.1) is 11.3 Å². The second kappa shape index (κ2) is 14.5. The molecule has 4 N–H and O–H groups in total. The lowest BCUT2D eigenvalue weighted by atomic mass is 9.85. The van der Waals surface area contributed by atoms with Gasteiger partial charge >= 0.3 is 0 Å². The van der Waals surface area contributed by atoms with Crippen molar-refractivity contribution < 1.29 is 32.6 Å². The minimum absolute atomic E-state index is 0.0119. The van der Waals surface area contributed by atoms with Gasteiger partial charge in [-0.3, -0.25) is 9.59 Å². The number of amides is 2. The van der Waals surface area contributed by atoms with Crippen molar-refractivity contribution in [3.8, 4) is 11.5 Å². The Morgan fingerprint density at radius 3 is 2.21 bits per heavy atom. The van der Waals surface area contributed by atoms with Crippen LogP contribution < -0.4 is 25.4 Å². The Kier molecular flexibility index (Phi) is 11.6. The van der Waals surface area contributed by atoms with E-state index >= 15 is 0 Å². The van der Waals surface area contributed by atoms with E-state index in [0.717, 1.165) is 5.56 Å². The number of nitrogens with zero attached hydrogens (tertiary/aromatic N) is 1. The lowest BCUT2D eigenvalue weighted by Crippen LogP contribution is -2.60. The van der Waals surface area contributed by atoms with Gasteiger partial charge in [-0.15, -0.1) is 0 Å². The Balaban J connectivity index is 1.91. The van der Waals surface area contributed by atoms with Crippen LogP contribution in [0.15, 0.2) is 53.4 Å². The number of carbonyl (C=O) groups is 2. The van der Waals surface area contributed by atoms with Crippen molar-refractivity contribution in [3.05, 3.63) is 54.1 Å². The van der Waals surface area contributed by atoms with Crippen molar-refractivity contribution in [1.29, 1.82) is 0 Å². The molecule has 0 radical (unpaired) electrons. The molecule has 0 aromatic heterocycles. The largest absolute Gasteiger partial charge is 0.454 e. The summed E-state index contributed by atoms with van der Waals surface area (Å²) in [5.74, 6) is -0.0607. The van der Waals surface area contributed by atoms with Crippen LogP contribution in [0.5, 0.6) is 11.5 Å². The molecule has 0 unspecified atom stereocenters. The van der Waals surface area contributed by atoms with Crippen LogP contribution in [-0.4, -0.2) is 80.8 Å². The molecule has 1 heterocycles. The maximum absolute atomic E-state index is 13.8. The molecule has 0 fully saturated rings. The van der Waals surface area contributed by atoms with E-state index in [-0.39, 0.29) is 43.0 Å². The van der Waals surface area contributed by atoms with E-state index in [2.05, 4.69) is 16.0 Å². The fraction of sp³-hybridized carbons (Fsp3) is 0.548. The zero-order valence-corrected chi connectivity index (χ0v) is 26.9. The maximum atomic E-state index is 13.8. The van der Waals surface area contributed by atoms with Crippen molar-refractivity contribution >= 4 is 21.8 Å². The van der Waals surface area contributed by atoms with Gasteiger partial charge in [0.25, 0.3) is 0 Å². The van der Waals surface area contributed by atoms with E-state index in [4.69, 9.17) is 9.47 Å².